The maximum Gasteiger partial charge on any atom is 0.347 e. The third-order valence-corrected chi connectivity index (χ3v) is 3.43. The number of hydrogen-bond acceptors (Lipinski definition) is 3. The molecule has 0 bridgehead atoms. The summed E-state index contributed by atoms with van der Waals surface area (Å²) in [5.41, 5.74) is 4.08. The van der Waals surface area contributed by atoms with Crippen LogP contribution in [0.1, 0.15) is 24.5 Å². The van der Waals surface area contributed by atoms with Gasteiger partial charge in [0.05, 0.1) is 13.0 Å². The summed E-state index contributed by atoms with van der Waals surface area (Å²) in [4.78, 5) is 28.3. The average Bonchev–Trinajstić information content (AvgIpc) is 2.44. The minimum absolute atomic E-state index is 0.126. The van der Waals surface area contributed by atoms with Gasteiger partial charge in [-0.25, -0.2) is 9.79 Å². The summed E-state index contributed by atoms with van der Waals surface area (Å²) in [5, 5.41) is 0. The molecule has 5 nitrogen and oxygen atoms in total. The first kappa shape index (κ1) is 16.9. The highest BCUT2D eigenvalue weighted by Gasteiger charge is 2.17. The zero-order valence-electron chi connectivity index (χ0n) is 13.1. The van der Waals surface area contributed by atoms with Gasteiger partial charge >= 0.3 is 12.0 Å². The second-order valence-electron chi connectivity index (χ2n) is 4.85. The largest absolute Gasteiger partial charge is 0.466 e. The molecule has 1 rings (SSSR count). The molecule has 2 amide bonds. The number of carbonyl (C=O) groups excluding carboxylic acids is 2. The molecular weight excluding hydrogens is 267 g/mol. The molecule has 0 fully saturated rings. The number of urea groups is 1. The first-order chi connectivity index (χ1) is 9.90. The summed E-state index contributed by atoms with van der Waals surface area (Å²) in [6, 6.07) is 3.36. The predicted molar refractivity (Wildman–Crippen MR) is 87.6 cm³/mol. The Morgan fingerprint density at radius 3 is 2.38 bits per heavy atom. The number of nitrogens with zero attached hydrogens (tertiary/aromatic N) is 2. The normalized spacial score (nSPS) is 10.0. The molecule has 0 aliphatic rings. The molecule has 0 heterocycles. The first-order valence-corrected chi connectivity index (χ1v) is 6.92. The summed E-state index contributed by atoms with van der Waals surface area (Å²) in [5.74, 6) is -0.333. The van der Waals surface area contributed by atoms with Crippen molar-refractivity contribution in [3.05, 3.63) is 23.3 Å². The lowest BCUT2D eigenvalue weighted by molar-refractivity contribution is -0.142. The smallest absolute Gasteiger partial charge is 0.347 e. The number of hydrogen-bond donors (Lipinski definition) is 0. The Hall–Kier alpha value is -2.11. The van der Waals surface area contributed by atoms with Crippen molar-refractivity contribution in [3.8, 4) is 0 Å². The lowest BCUT2D eigenvalue weighted by atomic mass is 9.86. The number of aliphatic imine (C=N–C) groups is 1. The van der Waals surface area contributed by atoms with E-state index < -0.39 is 6.03 Å². The summed E-state index contributed by atoms with van der Waals surface area (Å²) < 4.78 is 4.88. The van der Waals surface area contributed by atoms with E-state index in [2.05, 4.69) is 11.7 Å². The number of rotatable bonds is 5. The summed E-state index contributed by atoms with van der Waals surface area (Å²) in [6.45, 7) is 9.55. The molecule has 0 spiro atoms. The van der Waals surface area contributed by atoms with E-state index in [1.807, 2.05) is 33.8 Å². The van der Waals surface area contributed by atoms with Crippen molar-refractivity contribution < 1.29 is 14.3 Å². The van der Waals surface area contributed by atoms with Crippen LogP contribution < -0.4 is 10.4 Å². The Morgan fingerprint density at radius 2 is 1.90 bits per heavy atom. The van der Waals surface area contributed by atoms with E-state index in [0.29, 0.717) is 6.61 Å². The topological polar surface area (TPSA) is 59.0 Å². The molecule has 1 aromatic rings. The second kappa shape index (κ2) is 7.62. The SMILES string of the molecule is Bc1c(C)cc(N(CCC(=O)OCC)C(=O)N=C)cc1C. The van der Waals surface area contributed by atoms with Crippen LogP contribution in [0.4, 0.5) is 10.5 Å². The molecule has 0 aromatic heterocycles. The van der Waals surface area contributed by atoms with Gasteiger partial charge in [0.25, 0.3) is 0 Å². The van der Waals surface area contributed by atoms with Gasteiger partial charge in [-0.2, -0.15) is 0 Å². The number of amides is 2. The lowest BCUT2D eigenvalue weighted by Gasteiger charge is -2.22. The molecule has 6 heteroatoms. The van der Waals surface area contributed by atoms with Crippen molar-refractivity contribution >= 4 is 37.7 Å². The van der Waals surface area contributed by atoms with Crippen LogP contribution in [0.15, 0.2) is 17.1 Å². The van der Waals surface area contributed by atoms with Gasteiger partial charge in [-0.05, 0) is 39.6 Å². The van der Waals surface area contributed by atoms with E-state index in [4.69, 9.17) is 4.74 Å². The molecule has 0 unspecified atom stereocenters. The van der Waals surface area contributed by atoms with E-state index >= 15 is 0 Å². The van der Waals surface area contributed by atoms with Gasteiger partial charge in [0.15, 0.2) is 0 Å². The lowest BCUT2D eigenvalue weighted by Crippen LogP contribution is -2.31. The van der Waals surface area contributed by atoms with Gasteiger partial charge in [0.1, 0.15) is 7.85 Å². The Labute approximate surface area is 126 Å². The molecule has 0 atom stereocenters. The third kappa shape index (κ3) is 4.44. The minimum atomic E-state index is -0.470. The summed E-state index contributed by atoms with van der Waals surface area (Å²) in [6.07, 6.45) is 0.126. The van der Waals surface area contributed by atoms with Gasteiger partial charge in [0.2, 0.25) is 0 Å². The Balaban J connectivity index is 3.00. The number of ether oxygens (including phenoxy) is 1. The molecule has 0 aliphatic heterocycles. The standard InChI is InChI=1S/C15H21BN2O3/c1-5-21-13(19)6-7-18(15(20)17-4)12-8-10(2)14(16)11(3)9-12/h8-9H,4-7,16H2,1-3H3. The number of anilines is 1. The first-order valence-electron chi connectivity index (χ1n) is 6.92. The van der Waals surface area contributed by atoms with E-state index in [-0.39, 0.29) is 18.9 Å². The quantitative estimate of drug-likeness (QED) is 0.464. The van der Waals surface area contributed by atoms with Gasteiger partial charge in [0, 0.05) is 12.2 Å². The molecule has 0 N–H and O–H groups in total. The minimum Gasteiger partial charge on any atom is -0.466 e. The van der Waals surface area contributed by atoms with Crippen LogP contribution in [-0.2, 0) is 9.53 Å². The summed E-state index contributed by atoms with van der Waals surface area (Å²) >= 11 is 0. The molecule has 112 valence electrons. The van der Waals surface area contributed by atoms with Crippen molar-refractivity contribution in [2.45, 2.75) is 27.2 Å². The van der Waals surface area contributed by atoms with E-state index in [1.165, 1.54) is 10.4 Å². The van der Waals surface area contributed by atoms with Gasteiger partial charge < -0.3 is 4.74 Å². The molecule has 21 heavy (non-hydrogen) atoms. The third-order valence-electron chi connectivity index (χ3n) is 3.43. The van der Waals surface area contributed by atoms with Gasteiger partial charge in [-0.3, -0.25) is 9.69 Å². The fourth-order valence-electron chi connectivity index (χ4n) is 2.03. The number of esters is 1. The van der Waals surface area contributed by atoms with Gasteiger partial charge in [-0.15, -0.1) is 0 Å². The second-order valence-corrected chi connectivity index (χ2v) is 4.85. The predicted octanol–water partition coefficient (Wildman–Crippen LogP) is 1.14. The molecule has 0 saturated carbocycles. The van der Waals surface area contributed by atoms with Crippen molar-refractivity contribution in [1.29, 1.82) is 0 Å². The highest BCUT2D eigenvalue weighted by molar-refractivity contribution is 6.34. The van der Waals surface area contributed by atoms with Crippen LogP contribution in [0, 0.1) is 13.8 Å². The van der Waals surface area contributed by atoms with Crippen LogP contribution in [0.5, 0.6) is 0 Å². The number of carbonyl (C=O) groups is 2. The monoisotopic (exact) mass is 288 g/mol. The van der Waals surface area contributed by atoms with Gasteiger partial charge in [-0.1, -0.05) is 16.6 Å². The Kier molecular flexibility index (Phi) is 6.15. The summed E-state index contributed by atoms with van der Waals surface area (Å²) in [7, 11) is 2.03. The molecule has 0 radical (unpaired) electrons. The van der Waals surface area contributed by atoms with Crippen molar-refractivity contribution in [3.63, 3.8) is 0 Å². The van der Waals surface area contributed by atoms with E-state index in [0.717, 1.165) is 16.8 Å². The van der Waals surface area contributed by atoms with Crippen molar-refractivity contribution in [2.75, 3.05) is 18.1 Å². The fraction of sp³-hybridized carbons (Fsp3) is 0.400. The van der Waals surface area contributed by atoms with Crippen LogP contribution in [0.2, 0.25) is 0 Å². The fourth-order valence-corrected chi connectivity index (χ4v) is 2.03. The number of benzene rings is 1. The average molecular weight is 288 g/mol. The molecular formula is C15H21BN2O3. The molecule has 1 aromatic carbocycles. The molecule has 0 saturated heterocycles. The van der Waals surface area contributed by atoms with Crippen LogP contribution in [0.3, 0.4) is 0 Å². The van der Waals surface area contributed by atoms with Crippen molar-refractivity contribution in [2.24, 2.45) is 4.99 Å². The van der Waals surface area contributed by atoms with Crippen molar-refractivity contribution in [1.82, 2.24) is 0 Å². The Morgan fingerprint density at radius 1 is 1.33 bits per heavy atom. The van der Waals surface area contributed by atoms with Crippen LogP contribution in [-0.4, -0.2) is 39.7 Å². The Bertz CT molecular complexity index is 535. The van der Waals surface area contributed by atoms with Crippen LogP contribution >= 0.6 is 0 Å². The number of aryl methyl sites for hydroxylation is 2. The highest BCUT2D eigenvalue weighted by atomic mass is 16.5. The zero-order chi connectivity index (χ0) is 16.0. The van der Waals surface area contributed by atoms with E-state index in [9.17, 15) is 9.59 Å². The maximum absolute atomic E-state index is 11.9. The maximum atomic E-state index is 11.9. The molecule has 0 aliphatic carbocycles. The van der Waals surface area contributed by atoms with Crippen LogP contribution in [0.25, 0.3) is 0 Å². The van der Waals surface area contributed by atoms with E-state index in [1.54, 1.807) is 6.92 Å². The zero-order valence-corrected chi connectivity index (χ0v) is 13.1. The highest BCUT2D eigenvalue weighted by Crippen LogP contribution is 2.18.